The predicted molar refractivity (Wildman–Crippen MR) is 79.6 cm³/mol. The molecule has 19 heavy (non-hydrogen) atoms. The second-order valence-electron chi connectivity index (χ2n) is 4.09. The molecule has 0 unspecified atom stereocenters. The molecule has 3 heteroatoms. The average molecular weight is 272 g/mol. The van der Waals surface area contributed by atoms with Gasteiger partial charge in [-0.15, -0.1) is 6.42 Å². The van der Waals surface area contributed by atoms with Crippen molar-refractivity contribution in [3.63, 3.8) is 0 Å². The Morgan fingerprint density at radius 1 is 1.32 bits per heavy atom. The molecule has 1 aliphatic heterocycles. The fourth-order valence-corrected chi connectivity index (χ4v) is 1.99. The van der Waals surface area contributed by atoms with Crippen molar-refractivity contribution in [3.05, 3.63) is 59.3 Å². The summed E-state index contributed by atoms with van der Waals surface area (Å²) in [4.78, 5) is 1.96. The first-order valence-electron chi connectivity index (χ1n) is 5.80. The summed E-state index contributed by atoms with van der Waals surface area (Å²) in [5, 5.41) is 0.653. The highest BCUT2D eigenvalue weighted by Crippen LogP contribution is 2.31. The molecule has 0 saturated carbocycles. The van der Waals surface area contributed by atoms with Crippen LogP contribution in [-0.4, -0.2) is 18.6 Å². The van der Waals surface area contributed by atoms with Crippen LogP contribution >= 0.6 is 11.6 Å². The SMILES string of the molecule is C#CCOc1ccc(C2=CC=C(Cl)C(=C)N2C)cc1. The van der Waals surface area contributed by atoms with Gasteiger partial charge in [0.05, 0.1) is 10.7 Å². The fourth-order valence-electron chi connectivity index (χ4n) is 1.80. The van der Waals surface area contributed by atoms with E-state index in [4.69, 9.17) is 22.8 Å². The van der Waals surface area contributed by atoms with E-state index in [1.807, 2.05) is 48.4 Å². The van der Waals surface area contributed by atoms with Crippen LogP contribution in [0.4, 0.5) is 0 Å². The normalized spacial score (nSPS) is 14.6. The number of benzene rings is 1. The lowest BCUT2D eigenvalue weighted by molar-refractivity contribution is 0.370. The number of terminal acetylenes is 1. The zero-order valence-corrected chi connectivity index (χ0v) is 11.4. The van der Waals surface area contributed by atoms with Gasteiger partial charge in [-0.3, -0.25) is 0 Å². The topological polar surface area (TPSA) is 12.5 Å². The lowest BCUT2D eigenvalue weighted by Gasteiger charge is -2.27. The zero-order chi connectivity index (χ0) is 13.8. The molecule has 2 nitrogen and oxygen atoms in total. The lowest BCUT2D eigenvalue weighted by atomic mass is 10.1. The van der Waals surface area contributed by atoms with Gasteiger partial charge < -0.3 is 9.64 Å². The predicted octanol–water partition coefficient (Wildman–Crippen LogP) is 3.62. The van der Waals surface area contributed by atoms with E-state index in [0.717, 1.165) is 22.7 Å². The third kappa shape index (κ3) is 2.83. The lowest BCUT2D eigenvalue weighted by Crippen LogP contribution is -2.18. The van der Waals surface area contributed by atoms with E-state index in [1.165, 1.54) is 0 Å². The first-order valence-corrected chi connectivity index (χ1v) is 6.18. The van der Waals surface area contributed by atoms with E-state index in [1.54, 1.807) is 0 Å². The monoisotopic (exact) mass is 271 g/mol. The van der Waals surface area contributed by atoms with Crippen molar-refractivity contribution < 1.29 is 4.74 Å². The second kappa shape index (κ2) is 5.69. The number of allylic oxidation sites excluding steroid dienone is 3. The minimum absolute atomic E-state index is 0.275. The number of hydrogen-bond donors (Lipinski definition) is 0. The van der Waals surface area contributed by atoms with Crippen molar-refractivity contribution in [3.8, 4) is 18.1 Å². The molecule has 0 saturated heterocycles. The molecule has 0 fully saturated rings. The Morgan fingerprint density at radius 3 is 2.63 bits per heavy atom. The van der Waals surface area contributed by atoms with Crippen LogP contribution < -0.4 is 4.74 Å². The minimum atomic E-state index is 0.275. The summed E-state index contributed by atoms with van der Waals surface area (Å²) in [7, 11) is 1.94. The number of likely N-dealkylation sites (N-methyl/N-ethyl adjacent to an activating group) is 1. The first kappa shape index (κ1) is 13.3. The molecule has 0 radical (unpaired) electrons. The molecule has 0 spiro atoms. The Morgan fingerprint density at radius 2 is 2.00 bits per heavy atom. The van der Waals surface area contributed by atoms with Crippen LogP contribution in [0.3, 0.4) is 0 Å². The molecule has 2 rings (SSSR count). The molecule has 0 amide bonds. The van der Waals surface area contributed by atoms with Gasteiger partial charge in [0.1, 0.15) is 12.4 Å². The van der Waals surface area contributed by atoms with Crippen LogP contribution in [-0.2, 0) is 0 Å². The van der Waals surface area contributed by atoms with Gasteiger partial charge in [0, 0.05) is 12.7 Å². The van der Waals surface area contributed by atoms with Gasteiger partial charge in [-0.05, 0) is 42.0 Å². The molecule has 1 aromatic carbocycles. The van der Waals surface area contributed by atoms with Crippen LogP contribution in [0.1, 0.15) is 5.56 Å². The average Bonchev–Trinajstić information content (AvgIpc) is 2.44. The van der Waals surface area contributed by atoms with Crippen LogP contribution in [0.5, 0.6) is 5.75 Å². The van der Waals surface area contributed by atoms with Crippen LogP contribution in [0, 0.1) is 12.3 Å². The molecule has 0 aromatic heterocycles. The fraction of sp³-hybridized carbons (Fsp3) is 0.125. The Labute approximate surface area is 118 Å². The van der Waals surface area contributed by atoms with E-state index in [2.05, 4.69) is 12.5 Å². The molecule has 0 aliphatic carbocycles. The molecular formula is C16H14ClNO. The smallest absolute Gasteiger partial charge is 0.148 e. The van der Waals surface area contributed by atoms with Gasteiger partial charge in [0.2, 0.25) is 0 Å². The summed E-state index contributed by atoms with van der Waals surface area (Å²) in [6, 6.07) is 7.75. The maximum absolute atomic E-state index is 6.03. The van der Waals surface area contributed by atoms with Crippen molar-refractivity contribution in [2.45, 2.75) is 0 Å². The molecule has 1 aliphatic rings. The van der Waals surface area contributed by atoms with Crippen molar-refractivity contribution >= 4 is 17.3 Å². The van der Waals surface area contributed by atoms with E-state index in [-0.39, 0.29) is 6.61 Å². The maximum Gasteiger partial charge on any atom is 0.148 e. The maximum atomic E-state index is 6.03. The van der Waals surface area contributed by atoms with Crippen molar-refractivity contribution in [2.24, 2.45) is 0 Å². The zero-order valence-electron chi connectivity index (χ0n) is 10.7. The van der Waals surface area contributed by atoms with Crippen LogP contribution in [0.2, 0.25) is 0 Å². The number of rotatable bonds is 3. The number of nitrogens with zero attached hydrogens (tertiary/aromatic N) is 1. The van der Waals surface area contributed by atoms with Gasteiger partial charge in [0.25, 0.3) is 0 Å². The molecule has 0 bridgehead atoms. The first-order chi connectivity index (χ1) is 9.13. The summed E-state index contributed by atoms with van der Waals surface area (Å²) in [5.41, 5.74) is 2.89. The molecule has 1 heterocycles. The van der Waals surface area contributed by atoms with Gasteiger partial charge in [-0.2, -0.15) is 0 Å². The van der Waals surface area contributed by atoms with Gasteiger partial charge >= 0.3 is 0 Å². The number of hydrogen-bond acceptors (Lipinski definition) is 2. The molecule has 96 valence electrons. The van der Waals surface area contributed by atoms with Gasteiger partial charge in [0.15, 0.2) is 0 Å². The molecule has 0 atom stereocenters. The highest BCUT2D eigenvalue weighted by Gasteiger charge is 2.16. The van der Waals surface area contributed by atoms with E-state index < -0.39 is 0 Å². The standard InChI is InChI=1S/C16H14ClNO/c1-4-11-19-14-7-5-13(6-8-14)16-10-9-15(17)12(2)18(16)3/h1,5-10H,2,11H2,3H3. The van der Waals surface area contributed by atoms with E-state index in [0.29, 0.717) is 5.03 Å². The molecule has 1 aromatic rings. The third-order valence-corrected chi connectivity index (χ3v) is 3.25. The van der Waals surface area contributed by atoms with Crippen LogP contribution in [0.25, 0.3) is 5.70 Å². The summed E-state index contributed by atoms with van der Waals surface area (Å²) < 4.78 is 5.34. The van der Waals surface area contributed by atoms with Gasteiger partial charge in [-0.1, -0.05) is 24.1 Å². The second-order valence-corrected chi connectivity index (χ2v) is 4.50. The highest BCUT2D eigenvalue weighted by molar-refractivity contribution is 6.32. The van der Waals surface area contributed by atoms with Crippen molar-refractivity contribution in [1.29, 1.82) is 0 Å². The van der Waals surface area contributed by atoms with Crippen molar-refractivity contribution in [2.75, 3.05) is 13.7 Å². The summed E-state index contributed by atoms with van der Waals surface area (Å²) >= 11 is 6.03. The largest absolute Gasteiger partial charge is 0.481 e. The van der Waals surface area contributed by atoms with Gasteiger partial charge in [-0.25, -0.2) is 0 Å². The minimum Gasteiger partial charge on any atom is -0.481 e. The Balaban J connectivity index is 2.23. The third-order valence-electron chi connectivity index (χ3n) is 2.90. The Hall–Kier alpha value is -2.11. The Bertz CT molecular complexity index is 590. The van der Waals surface area contributed by atoms with E-state index >= 15 is 0 Å². The summed E-state index contributed by atoms with van der Waals surface area (Å²) in [6.45, 7) is 4.22. The van der Waals surface area contributed by atoms with Crippen molar-refractivity contribution in [1.82, 2.24) is 4.90 Å². The number of halogens is 1. The Kier molecular flexibility index (Phi) is 3.99. The van der Waals surface area contributed by atoms with E-state index in [9.17, 15) is 0 Å². The highest BCUT2D eigenvalue weighted by atomic mass is 35.5. The quantitative estimate of drug-likeness (QED) is 0.779. The number of ether oxygens (including phenoxy) is 1. The summed E-state index contributed by atoms with van der Waals surface area (Å²) in [6.07, 6.45) is 8.97. The van der Waals surface area contributed by atoms with Crippen LogP contribution in [0.15, 0.2) is 53.7 Å². The summed E-state index contributed by atoms with van der Waals surface area (Å²) in [5.74, 6) is 3.19. The molecule has 0 N–H and O–H groups in total. The molecular weight excluding hydrogens is 258 g/mol.